The van der Waals surface area contributed by atoms with Gasteiger partial charge in [0.25, 0.3) is 0 Å². The largest absolute Gasteiger partial charge is 0.490 e. The third-order valence-corrected chi connectivity index (χ3v) is 4.80. The molecule has 1 aliphatic heterocycles. The maximum atomic E-state index is 10.6. The van der Waals surface area contributed by atoms with Crippen LogP contribution in [0.5, 0.6) is 0 Å². The van der Waals surface area contributed by atoms with Gasteiger partial charge in [0.2, 0.25) is 0 Å². The van der Waals surface area contributed by atoms with E-state index in [9.17, 15) is 26.3 Å². The summed E-state index contributed by atoms with van der Waals surface area (Å²) < 4.78 is 63.5. The van der Waals surface area contributed by atoms with Gasteiger partial charge in [-0.2, -0.15) is 26.3 Å². The van der Waals surface area contributed by atoms with Crippen LogP contribution in [0.15, 0.2) is 42.7 Å². The summed E-state index contributed by atoms with van der Waals surface area (Å²) in [6.07, 6.45) is -3.63. The van der Waals surface area contributed by atoms with Crippen LogP contribution in [0.2, 0.25) is 0 Å². The monoisotopic (exact) mass is 508 g/mol. The molecule has 4 rings (SSSR count). The Morgan fingerprint density at radius 2 is 1.46 bits per heavy atom. The molecule has 1 aliphatic carbocycles. The lowest BCUT2D eigenvalue weighted by atomic mass is 10.2. The molecule has 0 radical (unpaired) electrons. The van der Waals surface area contributed by atoms with E-state index in [2.05, 4.69) is 38.0 Å². The first-order valence-electron chi connectivity index (χ1n) is 10.2. The molecular weight excluding hydrogens is 486 g/mol. The molecule has 2 aromatic heterocycles. The van der Waals surface area contributed by atoms with E-state index in [-0.39, 0.29) is 0 Å². The minimum atomic E-state index is -5.08. The second-order valence-electron chi connectivity index (χ2n) is 7.59. The fourth-order valence-corrected chi connectivity index (χ4v) is 3.00. The van der Waals surface area contributed by atoms with Crippen molar-refractivity contribution in [2.24, 2.45) is 5.92 Å². The van der Waals surface area contributed by atoms with Crippen molar-refractivity contribution in [3.8, 4) is 0 Å². The molecule has 0 bridgehead atoms. The normalized spacial score (nSPS) is 15.5. The number of rotatable bonds is 3. The van der Waals surface area contributed by atoms with E-state index in [0.717, 1.165) is 37.9 Å². The predicted molar refractivity (Wildman–Crippen MR) is 112 cm³/mol. The molecule has 0 amide bonds. The van der Waals surface area contributed by atoms with Gasteiger partial charge >= 0.3 is 24.3 Å². The van der Waals surface area contributed by atoms with E-state index in [1.165, 1.54) is 24.2 Å². The molecule has 2 aliphatic rings. The van der Waals surface area contributed by atoms with Crippen molar-refractivity contribution in [2.75, 3.05) is 29.4 Å². The average molecular weight is 508 g/mol. The number of carboxylic acids is 2. The first kappa shape index (κ1) is 27.7. The van der Waals surface area contributed by atoms with Crippen molar-refractivity contribution in [2.45, 2.75) is 31.7 Å². The van der Waals surface area contributed by atoms with Gasteiger partial charge in [0.15, 0.2) is 0 Å². The Hall–Kier alpha value is -3.58. The van der Waals surface area contributed by atoms with Crippen molar-refractivity contribution in [1.82, 2.24) is 9.97 Å². The van der Waals surface area contributed by atoms with E-state index in [4.69, 9.17) is 19.8 Å². The first-order valence-corrected chi connectivity index (χ1v) is 10.2. The number of hydrogen-bond donors (Lipinski definition) is 2. The van der Waals surface area contributed by atoms with Crippen LogP contribution >= 0.6 is 0 Å². The van der Waals surface area contributed by atoms with Crippen LogP contribution in [0.3, 0.4) is 0 Å². The smallest absolute Gasteiger partial charge is 0.475 e. The molecule has 2 aromatic rings. The van der Waals surface area contributed by atoms with Crippen LogP contribution < -0.4 is 9.80 Å². The molecule has 35 heavy (non-hydrogen) atoms. The SMILES string of the molecule is O=C(O)C(F)(F)F.O=C(O)C(F)(F)F.c1ccc(N2CCN(CC3CC3)c3ncccc3C2)nc1. The van der Waals surface area contributed by atoms with Gasteiger partial charge in [0.05, 0.1) is 0 Å². The summed E-state index contributed by atoms with van der Waals surface area (Å²) in [5.41, 5.74) is 1.31. The lowest BCUT2D eigenvalue weighted by molar-refractivity contribution is -0.193. The number of aromatic nitrogens is 2. The van der Waals surface area contributed by atoms with Crippen molar-refractivity contribution in [1.29, 1.82) is 0 Å². The number of nitrogens with zero attached hydrogens (tertiary/aromatic N) is 4. The van der Waals surface area contributed by atoms with Gasteiger partial charge in [-0.25, -0.2) is 19.6 Å². The molecule has 0 spiro atoms. The van der Waals surface area contributed by atoms with Crippen LogP contribution in [0, 0.1) is 5.92 Å². The van der Waals surface area contributed by atoms with E-state index in [0.29, 0.717) is 0 Å². The van der Waals surface area contributed by atoms with Crippen LogP contribution in [0.1, 0.15) is 18.4 Å². The zero-order valence-corrected chi connectivity index (χ0v) is 18.1. The molecule has 8 nitrogen and oxygen atoms in total. The Labute approximate surface area is 195 Å². The van der Waals surface area contributed by atoms with Crippen LogP contribution in [0.25, 0.3) is 0 Å². The molecule has 1 fully saturated rings. The summed E-state index contributed by atoms with van der Waals surface area (Å²) in [5.74, 6) is -2.41. The van der Waals surface area contributed by atoms with E-state index >= 15 is 0 Å². The lowest BCUT2D eigenvalue weighted by Gasteiger charge is -2.24. The van der Waals surface area contributed by atoms with Crippen molar-refractivity contribution < 1.29 is 46.1 Å². The van der Waals surface area contributed by atoms with Gasteiger partial charge in [0.1, 0.15) is 11.6 Å². The molecule has 0 aromatic carbocycles. The maximum absolute atomic E-state index is 10.6. The third-order valence-electron chi connectivity index (χ3n) is 4.80. The zero-order chi connectivity index (χ0) is 26.2. The molecule has 1 saturated carbocycles. The highest BCUT2D eigenvalue weighted by atomic mass is 19.4. The molecule has 0 unspecified atom stereocenters. The Morgan fingerprint density at radius 1 is 0.886 bits per heavy atom. The fourth-order valence-electron chi connectivity index (χ4n) is 3.00. The zero-order valence-electron chi connectivity index (χ0n) is 18.1. The number of carboxylic acid groups (broad SMARTS) is 2. The Balaban J connectivity index is 0.000000257. The number of halogens is 6. The third kappa shape index (κ3) is 9.29. The van der Waals surface area contributed by atoms with Crippen LogP contribution in [-0.2, 0) is 16.1 Å². The standard InChI is InChI=1S/C17H20N4.2C2HF3O2/c1-2-8-18-16(5-1)20-10-11-21(12-14-6-7-14)17-15(13-20)4-3-9-19-17;2*3-2(4,5)1(6)7/h1-5,8-9,14H,6-7,10-13H2;2*(H,6,7). The molecule has 3 heterocycles. The van der Waals surface area contributed by atoms with Gasteiger partial charge in [-0.05, 0) is 37.0 Å². The summed E-state index contributed by atoms with van der Waals surface area (Å²) in [7, 11) is 0. The molecule has 14 heteroatoms. The Bertz CT molecular complexity index is 960. The molecule has 192 valence electrons. The van der Waals surface area contributed by atoms with Gasteiger partial charge < -0.3 is 20.0 Å². The minimum Gasteiger partial charge on any atom is -0.475 e. The van der Waals surface area contributed by atoms with Crippen molar-refractivity contribution >= 4 is 23.6 Å². The van der Waals surface area contributed by atoms with Gasteiger partial charge in [-0.3, -0.25) is 0 Å². The minimum absolute atomic E-state index is 0.876. The second kappa shape index (κ2) is 11.7. The number of carbonyl (C=O) groups is 2. The van der Waals surface area contributed by atoms with E-state index in [1.807, 2.05) is 24.5 Å². The van der Waals surface area contributed by atoms with Gasteiger partial charge in [-0.15, -0.1) is 0 Å². The molecule has 0 saturated heterocycles. The number of pyridine rings is 2. The highest BCUT2D eigenvalue weighted by molar-refractivity contribution is 5.73. The summed E-state index contributed by atoms with van der Waals surface area (Å²) >= 11 is 0. The summed E-state index contributed by atoms with van der Waals surface area (Å²) in [4.78, 5) is 31.8. The first-order chi connectivity index (χ1) is 16.3. The highest BCUT2D eigenvalue weighted by Crippen LogP contribution is 2.33. The summed E-state index contributed by atoms with van der Waals surface area (Å²) in [5, 5.41) is 14.2. The van der Waals surface area contributed by atoms with Crippen molar-refractivity contribution in [3.63, 3.8) is 0 Å². The lowest BCUT2D eigenvalue weighted by Crippen LogP contribution is -2.33. The van der Waals surface area contributed by atoms with Gasteiger partial charge in [0, 0.05) is 44.1 Å². The van der Waals surface area contributed by atoms with E-state index < -0.39 is 24.3 Å². The molecule has 2 N–H and O–H groups in total. The Kier molecular flexibility index (Phi) is 9.25. The topological polar surface area (TPSA) is 107 Å². The number of fused-ring (bicyclic) bond motifs is 1. The number of hydrogen-bond acceptors (Lipinski definition) is 6. The Morgan fingerprint density at radius 3 is 1.94 bits per heavy atom. The summed E-state index contributed by atoms with van der Waals surface area (Å²) in [6.45, 7) is 4.07. The van der Waals surface area contributed by atoms with E-state index in [1.54, 1.807) is 0 Å². The van der Waals surface area contributed by atoms with Crippen LogP contribution in [0.4, 0.5) is 38.0 Å². The number of aliphatic carboxylic acids is 2. The van der Waals surface area contributed by atoms with Gasteiger partial charge in [-0.1, -0.05) is 12.1 Å². The molecular formula is C21H22F6N4O4. The number of alkyl halides is 6. The quantitative estimate of drug-likeness (QED) is 0.600. The maximum Gasteiger partial charge on any atom is 0.490 e. The van der Waals surface area contributed by atoms with Crippen LogP contribution in [-0.4, -0.2) is 64.1 Å². The highest BCUT2D eigenvalue weighted by Gasteiger charge is 2.38. The second-order valence-corrected chi connectivity index (χ2v) is 7.59. The van der Waals surface area contributed by atoms with Crippen molar-refractivity contribution in [3.05, 3.63) is 48.3 Å². The molecule has 0 atom stereocenters. The number of anilines is 2. The average Bonchev–Trinajstić information content (AvgIpc) is 3.61. The summed E-state index contributed by atoms with van der Waals surface area (Å²) in [6, 6.07) is 10.3. The predicted octanol–water partition coefficient (Wildman–Crippen LogP) is 3.98. The fraction of sp³-hybridized carbons (Fsp3) is 0.429.